The van der Waals surface area contributed by atoms with E-state index in [9.17, 15) is 0 Å². The number of rotatable bonds is 7. The van der Waals surface area contributed by atoms with Crippen molar-refractivity contribution in [1.82, 2.24) is 10.2 Å². The third-order valence-corrected chi connectivity index (χ3v) is 4.99. The Kier molecular flexibility index (Phi) is 7.83. The molecule has 1 aromatic rings. The van der Waals surface area contributed by atoms with Crippen LogP contribution in [-0.2, 0) is 6.42 Å². The minimum Gasteiger partial charge on any atom is -0.362 e. The van der Waals surface area contributed by atoms with E-state index in [4.69, 9.17) is 12.2 Å². The molecule has 1 saturated heterocycles. The van der Waals surface area contributed by atoms with E-state index < -0.39 is 0 Å². The number of hydrogen-bond acceptors (Lipinski definition) is 2. The van der Waals surface area contributed by atoms with Crippen molar-refractivity contribution in [3.05, 3.63) is 29.8 Å². The zero-order valence-electron chi connectivity index (χ0n) is 14.6. The molecular weight excluding hydrogens is 302 g/mol. The number of nitrogens with zero attached hydrogens (tertiary/aromatic N) is 1. The van der Waals surface area contributed by atoms with E-state index >= 15 is 0 Å². The smallest absolute Gasteiger partial charge is 0.170 e. The Morgan fingerprint density at radius 3 is 2.70 bits per heavy atom. The molecular formula is C19H31N3S. The van der Waals surface area contributed by atoms with Crippen LogP contribution < -0.4 is 10.6 Å². The number of nitrogens with one attached hydrogen (secondary N) is 2. The maximum absolute atomic E-state index is 5.38. The highest BCUT2D eigenvalue weighted by Crippen LogP contribution is 2.19. The summed E-state index contributed by atoms with van der Waals surface area (Å²) in [6.07, 6.45) is 7.62. The molecule has 1 heterocycles. The maximum atomic E-state index is 5.38. The van der Waals surface area contributed by atoms with E-state index in [0.717, 1.165) is 36.2 Å². The Morgan fingerprint density at radius 2 is 2.00 bits per heavy atom. The van der Waals surface area contributed by atoms with Gasteiger partial charge in [-0.2, -0.15) is 0 Å². The predicted octanol–water partition coefficient (Wildman–Crippen LogP) is 4.19. The van der Waals surface area contributed by atoms with Crippen molar-refractivity contribution < 1.29 is 0 Å². The first-order chi connectivity index (χ1) is 11.2. The van der Waals surface area contributed by atoms with Gasteiger partial charge in [0.15, 0.2) is 5.11 Å². The molecule has 0 radical (unpaired) electrons. The van der Waals surface area contributed by atoms with Crippen molar-refractivity contribution in [2.45, 2.75) is 58.4 Å². The molecule has 1 aliphatic rings. The number of anilines is 1. The molecule has 2 N–H and O–H groups in total. The molecule has 2 rings (SSSR count). The summed E-state index contributed by atoms with van der Waals surface area (Å²) in [5, 5.41) is 7.31. The molecule has 0 saturated carbocycles. The van der Waals surface area contributed by atoms with Crippen molar-refractivity contribution in [3.63, 3.8) is 0 Å². The van der Waals surface area contributed by atoms with Crippen molar-refractivity contribution >= 4 is 23.0 Å². The van der Waals surface area contributed by atoms with Crippen molar-refractivity contribution in [1.29, 1.82) is 0 Å². The van der Waals surface area contributed by atoms with Crippen LogP contribution in [0.5, 0.6) is 0 Å². The van der Waals surface area contributed by atoms with Gasteiger partial charge in [0.05, 0.1) is 0 Å². The summed E-state index contributed by atoms with van der Waals surface area (Å²) in [5.74, 6) is 0. The largest absolute Gasteiger partial charge is 0.362 e. The summed E-state index contributed by atoms with van der Waals surface area (Å²) in [4.78, 5) is 2.66. The fourth-order valence-corrected chi connectivity index (χ4v) is 3.52. The van der Waals surface area contributed by atoms with Gasteiger partial charge in [-0.05, 0) is 68.6 Å². The Balaban J connectivity index is 1.64. The van der Waals surface area contributed by atoms with Gasteiger partial charge in [0.1, 0.15) is 0 Å². The predicted molar refractivity (Wildman–Crippen MR) is 104 cm³/mol. The fraction of sp³-hybridized carbons (Fsp3) is 0.632. The number of thiocarbonyl (C=S) groups is 1. The van der Waals surface area contributed by atoms with Crippen LogP contribution in [0.3, 0.4) is 0 Å². The second-order valence-electron chi connectivity index (χ2n) is 6.38. The molecule has 0 spiro atoms. The summed E-state index contributed by atoms with van der Waals surface area (Å²) in [6.45, 7) is 7.86. The summed E-state index contributed by atoms with van der Waals surface area (Å²) >= 11 is 5.38. The molecule has 0 unspecified atom stereocenters. The van der Waals surface area contributed by atoms with Gasteiger partial charge >= 0.3 is 0 Å². The Labute approximate surface area is 146 Å². The molecule has 0 bridgehead atoms. The third-order valence-electron chi connectivity index (χ3n) is 4.75. The fourth-order valence-electron chi connectivity index (χ4n) is 3.30. The van der Waals surface area contributed by atoms with Gasteiger partial charge in [-0.3, -0.25) is 0 Å². The molecule has 128 valence electrons. The minimum atomic E-state index is 0.722. The third kappa shape index (κ3) is 6.11. The van der Waals surface area contributed by atoms with E-state index in [1.807, 2.05) is 0 Å². The summed E-state index contributed by atoms with van der Waals surface area (Å²) in [7, 11) is 0. The van der Waals surface area contributed by atoms with Gasteiger partial charge in [-0.1, -0.05) is 32.4 Å². The van der Waals surface area contributed by atoms with Crippen LogP contribution >= 0.6 is 12.2 Å². The molecule has 1 aromatic carbocycles. The van der Waals surface area contributed by atoms with Crippen LogP contribution in [0, 0.1) is 0 Å². The lowest BCUT2D eigenvalue weighted by atomic mass is 10.00. The van der Waals surface area contributed by atoms with Crippen molar-refractivity contribution in [2.24, 2.45) is 0 Å². The lowest BCUT2D eigenvalue weighted by Crippen LogP contribution is -2.40. The number of piperidine rings is 1. The van der Waals surface area contributed by atoms with Crippen LogP contribution in [0.25, 0.3) is 0 Å². The number of aryl methyl sites for hydroxylation is 1. The molecule has 0 aliphatic carbocycles. The first kappa shape index (κ1) is 18.2. The first-order valence-electron chi connectivity index (χ1n) is 9.10. The van der Waals surface area contributed by atoms with Crippen LogP contribution in [0.1, 0.15) is 51.5 Å². The highest BCUT2D eigenvalue weighted by molar-refractivity contribution is 7.80. The maximum Gasteiger partial charge on any atom is 0.170 e. The Hall–Kier alpha value is -1.13. The van der Waals surface area contributed by atoms with Gasteiger partial charge in [0, 0.05) is 24.8 Å². The molecule has 0 amide bonds. The number of benzene rings is 1. The number of hydrogen-bond donors (Lipinski definition) is 2. The van der Waals surface area contributed by atoms with Gasteiger partial charge < -0.3 is 15.5 Å². The molecule has 23 heavy (non-hydrogen) atoms. The van der Waals surface area contributed by atoms with E-state index in [0.29, 0.717) is 0 Å². The monoisotopic (exact) mass is 333 g/mol. The lowest BCUT2D eigenvalue weighted by molar-refractivity contribution is 0.143. The zero-order valence-corrected chi connectivity index (χ0v) is 15.4. The van der Waals surface area contributed by atoms with Crippen LogP contribution in [0.4, 0.5) is 5.69 Å². The van der Waals surface area contributed by atoms with Gasteiger partial charge in [-0.25, -0.2) is 0 Å². The molecule has 4 heteroatoms. The normalized spacial score (nSPS) is 18.6. The quantitative estimate of drug-likeness (QED) is 0.578. The average Bonchev–Trinajstić information content (AvgIpc) is 2.59. The second-order valence-corrected chi connectivity index (χ2v) is 6.79. The molecule has 0 aromatic heterocycles. The number of likely N-dealkylation sites (tertiary alicyclic amines) is 1. The van der Waals surface area contributed by atoms with Gasteiger partial charge in [-0.15, -0.1) is 0 Å². The molecule has 3 nitrogen and oxygen atoms in total. The SMILES string of the molecule is CCc1ccc(NC(=S)NCCCN2CCCC[C@@H]2CC)cc1. The van der Waals surface area contributed by atoms with E-state index in [-0.39, 0.29) is 0 Å². The van der Waals surface area contributed by atoms with E-state index in [2.05, 4.69) is 53.6 Å². The van der Waals surface area contributed by atoms with E-state index in [1.165, 1.54) is 44.3 Å². The van der Waals surface area contributed by atoms with Crippen molar-refractivity contribution in [3.8, 4) is 0 Å². The topological polar surface area (TPSA) is 27.3 Å². The summed E-state index contributed by atoms with van der Waals surface area (Å²) < 4.78 is 0. The Morgan fingerprint density at radius 1 is 1.22 bits per heavy atom. The minimum absolute atomic E-state index is 0.722. The highest BCUT2D eigenvalue weighted by atomic mass is 32.1. The average molecular weight is 334 g/mol. The molecule has 1 fully saturated rings. The summed E-state index contributed by atoms with van der Waals surface area (Å²) in [5.41, 5.74) is 2.41. The summed E-state index contributed by atoms with van der Waals surface area (Å²) in [6, 6.07) is 9.27. The second kappa shape index (κ2) is 9.89. The lowest BCUT2D eigenvalue weighted by Gasteiger charge is -2.35. The first-order valence-corrected chi connectivity index (χ1v) is 9.51. The van der Waals surface area contributed by atoms with Crippen molar-refractivity contribution in [2.75, 3.05) is 25.0 Å². The molecule has 1 aliphatic heterocycles. The van der Waals surface area contributed by atoms with Gasteiger partial charge in [0.2, 0.25) is 0 Å². The zero-order chi connectivity index (χ0) is 16.5. The van der Waals surface area contributed by atoms with Crippen LogP contribution in [0.15, 0.2) is 24.3 Å². The molecule has 1 atom stereocenters. The van der Waals surface area contributed by atoms with Crippen LogP contribution in [-0.4, -0.2) is 35.7 Å². The van der Waals surface area contributed by atoms with Gasteiger partial charge in [0.25, 0.3) is 0 Å². The van der Waals surface area contributed by atoms with Crippen LogP contribution in [0.2, 0.25) is 0 Å². The highest BCUT2D eigenvalue weighted by Gasteiger charge is 2.19. The Bertz CT molecular complexity index is 472. The van der Waals surface area contributed by atoms with E-state index in [1.54, 1.807) is 0 Å². The standard InChI is InChI=1S/C19H31N3S/c1-3-16-9-11-17(12-10-16)21-19(23)20-13-7-15-22-14-6-5-8-18(22)4-2/h9-12,18H,3-8,13-15H2,1-2H3,(H2,20,21,23)/t18-/m0/s1.